The summed E-state index contributed by atoms with van der Waals surface area (Å²) in [5.41, 5.74) is 2.61. The number of hydrogen-bond donors (Lipinski definition) is 1. The van der Waals surface area contributed by atoms with Crippen molar-refractivity contribution in [2.24, 2.45) is 5.92 Å². The summed E-state index contributed by atoms with van der Waals surface area (Å²) in [7, 11) is 0. The Balaban J connectivity index is 1.57. The van der Waals surface area contributed by atoms with E-state index in [1.165, 1.54) is 11.3 Å². The molecule has 5 nitrogen and oxygen atoms in total. The molecule has 5 heteroatoms. The number of hydrogen-bond acceptors (Lipinski definition) is 3. The molecule has 2 aromatic carbocycles. The number of rotatable bonds is 4. The van der Waals surface area contributed by atoms with Gasteiger partial charge >= 0.3 is 0 Å². The molecule has 0 spiro atoms. The lowest BCUT2D eigenvalue weighted by molar-refractivity contribution is -0.124. The molecular weight excluding hydrogens is 376 g/mol. The largest absolute Gasteiger partial charge is 0.449 e. The van der Waals surface area contributed by atoms with Crippen molar-refractivity contribution in [2.45, 2.75) is 45.6 Å². The van der Waals surface area contributed by atoms with Crippen LogP contribution < -0.4 is 15.0 Å². The first kappa shape index (κ1) is 20.2. The van der Waals surface area contributed by atoms with Crippen LogP contribution in [0.1, 0.15) is 43.7 Å². The van der Waals surface area contributed by atoms with Crippen LogP contribution in [0.15, 0.2) is 54.3 Å². The Morgan fingerprint density at radius 3 is 2.77 bits per heavy atom. The molecule has 0 saturated heterocycles. The van der Waals surface area contributed by atoms with Gasteiger partial charge in [0, 0.05) is 6.04 Å². The van der Waals surface area contributed by atoms with Crippen LogP contribution in [0.2, 0.25) is 0 Å². The summed E-state index contributed by atoms with van der Waals surface area (Å²) in [5, 5.41) is 3.15. The quantitative estimate of drug-likeness (QED) is 0.766. The van der Waals surface area contributed by atoms with E-state index >= 15 is 0 Å². The van der Waals surface area contributed by atoms with Gasteiger partial charge in [-0.05, 0) is 49.5 Å². The maximum atomic E-state index is 13.2. The number of benzene rings is 2. The van der Waals surface area contributed by atoms with E-state index in [0.29, 0.717) is 17.4 Å². The zero-order chi connectivity index (χ0) is 21.1. The molecule has 0 radical (unpaired) electrons. The molecule has 1 aliphatic carbocycles. The first-order valence-corrected chi connectivity index (χ1v) is 10.7. The predicted molar refractivity (Wildman–Crippen MR) is 118 cm³/mol. The van der Waals surface area contributed by atoms with Crippen LogP contribution in [0.4, 0.5) is 5.69 Å². The summed E-state index contributed by atoms with van der Waals surface area (Å²) in [6, 6.07) is 15.4. The summed E-state index contributed by atoms with van der Waals surface area (Å²) in [6.45, 7) is 4.17. The van der Waals surface area contributed by atoms with Gasteiger partial charge in [0.25, 0.3) is 5.91 Å². The fraction of sp³-hybridized carbons (Fsp3) is 0.360. The zero-order valence-electron chi connectivity index (χ0n) is 17.6. The van der Waals surface area contributed by atoms with E-state index in [1.54, 1.807) is 6.08 Å². The second kappa shape index (κ2) is 8.74. The Bertz CT molecular complexity index is 982. The van der Waals surface area contributed by atoms with Crippen LogP contribution >= 0.6 is 0 Å². The number of anilines is 1. The maximum Gasteiger partial charge on any atom is 0.294 e. The van der Waals surface area contributed by atoms with Gasteiger partial charge in [0.15, 0.2) is 11.5 Å². The first-order valence-electron chi connectivity index (χ1n) is 10.7. The van der Waals surface area contributed by atoms with Crippen LogP contribution in [0.25, 0.3) is 6.08 Å². The average molecular weight is 405 g/mol. The maximum absolute atomic E-state index is 13.2. The lowest BCUT2D eigenvalue weighted by Crippen LogP contribution is -2.48. The highest BCUT2D eigenvalue weighted by atomic mass is 16.5. The third-order valence-corrected chi connectivity index (χ3v) is 5.93. The molecule has 4 rings (SSSR count). The fourth-order valence-electron chi connectivity index (χ4n) is 4.26. The number of aryl methyl sites for hydroxylation is 1. The number of ether oxygens (including phenoxy) is 1. The summed E-state index contributed by atoms with van der Waals surface area (Å²) < 4.78 is 5.91. The Kier molecular flexibility index (Phi) is 5.88. The minimum Gasteiger partial charge on any atom is -0.449 e. The Morgan fingerprint density at radius 1 is 1.17 bits per heavy atom. The molecule has 2 atom stereocenters. The van der Waals surface area contributed by atoms with Crippen LogP contribution in [-0.2, 0) is 9.59 Å². The van der Waals surface area contributed by atoms with Crippen molar-refractivity contribution in [1.29, 1.82) is 0 Å². The standard InChI is InChI=1S/C25H28N2O3/c1-17-8-7-10-19(14-17)15-23-25(29)27(21-12-5-6-13-22(21)30-23)16-24(28)26-20-11-4-3-9-18(20)2/h5-8,10,12-15,18,20H,3-4,9,11,16H2,1-2H3,(H,26,28)/b23-15+/t18-,20-/m1/s1. The normalized spacial score (nSPS) is 22.4. The SMILES string of the molecule is Cc1cccc(/C=C2/Oc3ccccc3N(CC(=O)N[C@@H]3CCCC[C@H]3C)C2=O)c1. The van der Waals surface area contributed by atoms with E-state index in [1.807, 2.05) is 55.5 Å². The highest BCUT2D eigenvalue weighted by Gasteiger charge is 2.32. The summed E-state index contributed by atoms with van der Waals surface area (Å²) in [4.78, 5) is 27.6. The molecule has 30 heavy (non-hydrogen) atoms. The third-order valence-electron chi connectivity index (χ3n) is 5.93. The first-order chi connectivity index (χ1) is 14.5. The number of nitrogens with one attached hydrogen (secondary N) is 1. The van der Waals surface area contributed by atoms with Crippen LogP contribution in [-0.4, -0.2) is 24.4 Å². The highest BCUT2D eigenvalue weighted by molar-refractivity contribution is 6.12. The monoisotopic (exact) mass is 404 g/mol. The second-order valence-corrected chi connectivity index (χ2v) is 8.32. The predicted octanol–water partition coefficient (Wildman–Crippen LogP) is 4.46. The van der Waals surface area contributed by atoms with E-state index in [4.69, 9.17) is 4.74 Å². The van der Waals surface area contributed by atoms with Crippen molar-refractivity contribution in [2.75, 3.05) is 11.4 Å². The lowest BCUT2D eigenvalue weighted by Gasteiger charge is -2.32. The minimum atomic E-state index is -0.304. The molecule has 2 aromatic rings. The smallest absolute Gasteiger partial charge is 0.294 e. The minimum absolute atomic E-state index is 0.0203. The van der Waals surface area contributed by atoms with Crippen LogP contribution in [0.3, 0.4) is 0 Å². The van der Waals surface area contributed by atoms with Crippen molar-refractivity contribution in [1.82, 2.24) is 5.32 Å². The highest BCUT2D eigenvalue weighted by Crippen LogP contribution is 2.35. The topological polar surface area (TPSA) is 58.6 Å². The van der Waals surface area contributed by atoms with E-state index in [-0.39, 0.29) is 30.2 Å². The third kappa shape index (κ3) is 4.40. The van der Waals surface area contributed by atoms with Gasteiger partial charge in [0.1, 0.15) is 6.54 Å². The van der Waals surface area contributed by atoms with Gasteiger partial charge in [-0.3, -0.25) is 14.5 Å². The molecule has 1 fully saturated rings. The van der Waals surface area contributed by atoms with Gasteiger partial charge < -0.3 is 10.1 Å². The molecule has 1 heterocycles. The molecule has 0 unspecified atom stereocenters. The van der Waals surface area contributed by atoms with Gasteiger partial charge in [-0.1, -0.05) is 61.7 Å². The molecule has 0 aromatic heterocycles. The number of para-hydroxylation sites is 2. The second-order valence-electron chi connectivity index (χ2n) is 8.32. The Morgan fingerprint density at radius 2 is 1.97 bits per heavy atom. The summed E-state index contributed by atoms with van der Waals surface area (Å²) in [5.74, 6) is 0.830. The molecule has 1 saturated carbocycles. The molecule has 0 bridgehead atoms. The van der Waals surface area contributed by atoms with Crippen LogP contribution in [0, 0.1) is 12.8 Å². The zero-order valence-corrected chi connectivity index (χ0v) is 17.6. The van der Waals surface area contributed by atoms with Gasteiger partial charge in [-0.2, -0.15) is 0 Å². The molecule has 1 aliphatic heterocycles. The van der Waals surface area contributed by atoms with Gasteiger partial charge in [0.2, 0.25) is 5.91 Å². The van der Waals surface area contributed by atoms with Crippen molar-refractivity contribution in [3.8, 4) is 5.75 Å². The Hall–Kier alpha value is -3.08. The van der Waals surface area contributed by atoms with E-state index in [9.17, 15) is 9.59 Å². The lowest BCUT2D eigenvalue weighted by atomic mass is 9.86. The van der Waals surface area contributed by atoms with Crippen LogP contribution in [0.5, 0.6) is 5.75 Å². The molecule has 2 amide bonds. The Labute approximate surface area is 177 Å². The number of fused-ring (bicyclic) bond motifs is 1. The molecule has 1 N–H and O–H groups in total. The van der Waals surface area contributed by atoms with E-state index in [2.05, 4.69) is 12.2 Å². The van der Waals surface area contributed by atoms with Gasteiger partial charge in [0.05, 0.1) is 5.69 Å². The van der Waals surface area contributed by atoms with Crippen molar-refractivity contribution >= 4 is 23.6 Å². The number of carbonyl (C=O) groups is 2. The molecular formula is C25H28N2O3. The number of nitrogens with zero attached hydrogens (tertiary/aromatic N) is 1. The average Bonchev–Trinajstić information content (AvgIpc) is 2.73. The van der Waals surface area contributed by atoms with E-state index in [0.717, 1.165) is 30.4 Å². The van der Waals surface area contributed by atoms with Gasteiger partial charge in [-0.15, -0.1) is 0 Å². The fourth-order valence-corrected chi connectivity index (χ4v) is 4.26. The molecule has 2 aliphatic rings. The number of carbonyl (C=O) groups excluding carboxylic acids is 2. The summed E-state index contributed by atoms with van der Waals surface area (Å²) >= 11 is 0. The van der Waals surface area contributed by atoms with Crippen molar-refractivity contribution in [3.63, 3.8) is 0 Å². The van der Waals surface area contributed by atoms with Gasteiger partial charge in [-0.25, -0.2) is 0 Å². The summed E-state index contributed by atoms with van der Waals surface area (Å²) in [6.07, 6.45) is 6.22. The molecule has 156 valence electrons. The van der Waals surface area contributed by atoms with Crippen molar-refractivity contribution < 1.29 is 14.3 Å². The van der Waals surface area contributed by atoms with Crippen molar-refractivity contribution in [3.05, 3.63) is 65.4 Å². The van der Waals surface area contributed by atoms with E-state index < -0.39 is 0 Å². The number of amides is 2.